The van der Waals surface area contributed by atoms with Gasteiger partial charge < -0.3 is 9.47 Å². The number of carbonyl (C=O) groups is 1. The van der Waals surface area contributed by atoms with Crippen LogP contribution in [-0.4, -0.2) is 19.7 Å². The Morgan fingerprint density at radius 2 is 1.87 bits per heavy atom. The van der Waals surface area contributed by atoms with E-state index in [1.165, 1.54) is 14.0 Å². The Balaban J connectivity index is 0.000000921. The number of hydrogen-bond acceptors (Lipinski definition) is 3. The molecule has 0 saturated carbocycles. The lowest BCUT2D eigenvalue weighted by Crippen LogP contribution is -2.03. The number of para-hydroxylation sites is 1. The third-order valence-electron chi connectivity index (χ3n) is 1.60. The highest BCUT2D eigenvalue weighted by molar-refractivity contribution is 5.96. The molecular formula is C12H18O3. The SMILES string of the molecule is CC.COCOc1ccccc1C(C)=O. The number of methoxy groups -OCH3 is 1. The van der Waals surface area contributed by atoms with Crippen LogP contribution in [0.15, 0.2) is 24.3 Å². The molecule has 0 aliphatic rings. The molecule has 0 saturated heterocycles. The summed E-state index contributed by atoms with van der Waals surface area (Å²) in [7, 11) is 1.54. The average Bonchev–Trinajstić information content (AvgIpc) is 2.29. The molecule has 0 aliphatic carbocycles. The summed E-state index contributed by atoms with van der Waals surface area (Å²) < 4.78 is 9.95. The fourth-order valence-corrected chi connectivity index (χ4v) is 1.01. The third-order valence-corrected chi connectivity index (χ3v) is 1.60. The predicted octanol–water partition coefficient (Wildman–Crippen LogP) is 2.90. The Bertz CT molecular complexity index is 295. The van der Waals surface area contributed by atoms with Gasteiger partial charge in [-0.1, -0.05) is 26.0 Å². The monoisotopic (exact) mass is 210 g/mol. The van der Waals surface area contributed by atoms with Gasteiger partial charge in [0.1, 0.15) is 5.75 Å². The number of hydrogen-bond donors (Lipinski definition) is 0. The van der Waals surface area contributed by atoms with Gasteiger partial charge in [0.25, 0.3) is 0 Å². The van der Waals surface area contributed by atoms with Gasteiger partial charge in [-0.25, -0.2) is 0 Å². The summed E-state index contributed by atoms with van der Waals surface area (Å²) in [6.07, 6.45) is 0. The smallest absolute Gasteiger partial charge is 0.188 e. The maximum absolute atomic E-state index is 11.1. The summed E-state index contributed by atoms with van der Waals surface area (Å²) in [4.78, 5) is 11.1. The highest BCUT2D eigenvalue weighted by atomic mass is 16.7. The molecule has 84 valence electrons. The van der Waals surface area contributed by atoms with E-state index in [4.69, 9.17) is 9.47 Å². The molecule has 0 fully saturated rings. The molecule has 0 atom stereocenters. The maximum Gasteiger partial charge on any atom is 0.188 e. The Kier molecular flexibility index (Phi) is 7.28. The molecule has 1 aromatic rings. The van der Waals surface area contributed by atoms with E-state index in [0.29, 0.717) is 11.3 Å². The number of Topliss-reactive ketones (excluding diaryl/α,β-unsaturated/α-hetero) is 1. The summed E-state index contributed by atoms with van der Waals surface area (Å²) >= 11 is 0. The third kappa shape index (κ3) is 4.61. The quantitative estimate of drug-likeness (QED) is 0.566. The molecule has 1 rings (SSSR count). The number of benzene rings is 1. The van der Waals surface area contributed by atoms with Gasteiger partial charge in [-0.05, 0) is 19.1 Å². The summed E-state index contributed by atoms with van der Waals surface area (Å²) in [6, 6.07) is 7.09. The molecule has 1 aromatic carbocycles. The molecule has 3 nitrogen and oxygen atoms in total. The van der Waals surface area contributed by atoms with E-state index >= 15 is 0 Å². The lowest BCUT2D eigenvalue weighted by atomic mass is 10.1. The molecular weight excluding hydrogens is 192 g/mol. The average molecular weight is 210 g/mol. The zero-order valence-electron chi connectivity index (χ0n) is 9.74. The van der Waals surface area contributed by atoms with Crippen molar-refractivity contribution in [1.82, 2.24) is 0 Å². The Hall–Kier alpha value is -1.35. The first kappa shape index (κ1) is 13.7. The van der Waals surface area contributed by atoms with Crippen molar-refractivity contribution in [2.24, 2.45) is 0 Å². The Labute approximate surface area is 91.0 Å². The first-order chi connectivity index (χ1) is 7.25. The fraction of sp³-hybridized carbons (Fsp3) is 0.417. The van der Waals surface area contributed by atoms with Crippen LogP contribution in [0.4, 0.5) is 0 Å². The normalized spacial score (nSPS) is 8.80. The van der Waals surface area contributed by atoms with Crippen molar-refractivity contribution in [2.45, 2.75) is 20.8 Å². The van der Waals surface area contributed by atoms with Crippen molar-refractivity contribution >= 4 is 5.78 Å². The Morgan fingerprint density at radius 1 is 1.27 bits per heavy atom. The van der Waals surface area contributed by atoms with Crippen molar-refractivity contribution in [3.8, 4) is 5.75 Å². The van der Waals surface area contributed by atoms with E-state index in [-0.39, 0.29) is 12.6 Å². The van der Waals surface area contributed by atoms with Crippen LogP contribution in [0, 0.1) is 0 Å². The van der Waals surface area contributed by atoms with E-state index in [0.717, 1.165) is 0 Å². The van der Waals surface area contributed by atoms with E-state index in [1.54, 1.807) is 18.2 Å². The number of rotatable bonds is 4. The van der Waals surface area contributed by atoms with Crippen LogP contribution in [-0.2, 0) is 4.74 Å². The molecule has 0 radical (unpaired) electrons. The van der Waals surface area contributed by atoms with Crippen LogP contribution >= 0.6 is 0 Å². The molecule has 0 aromatic heterocycles. The lowest BCUT2D eigenvalue weighted by molar-refractivity contribution is 0.0503. The highest BCUT2D eigenvalue weighted by Crippen LogP contribution is 2.17. The number of carbonyl (C=O) groups excluding carboxylic acids is 1. The molecule has 0 bridgehead atoms. The van der Waals surface area contributed by atoms with Crippen LogP contribution in [0.1, 0.15) is 31.1 Å². The highest BCUT2D eigenvalue weighted by Gasteiger charge is 2.06. The fourth-order valence-electron chi connectivity index (χ4n) is 1.01. The molecule has 0 aliphatic heterocycles. The number of ether oxygens (including phenoxy) is 2. The van der Waals surface area contributed by atoms with E-state index in [2.05, 4.69) is 0 Å². The van der Waals surface area contributed by atoms with Gasteiger partial charge in [0.15, 0.2) is 12.6 Å². The van der Waals surface area contributed by atoms with E-state index < -0.39 is 0 Å². The summed E-state index contributed by atoms with van der Waals surface area (Å²) in [5.41, 5.74) is 0.583. The van der Waals surface area contributed by atoms with Gasteiger partial charge in [-0.15, -0.1) is 0 Å². The summed E-state index contributed by atoms with van der Waals surface area (Å²) in [6.45, 7) is 5.67. The van der Waals surface area contributed by atoms with Crippen LogP contribution in [0.2, 0.25) is 0 Å². The van der Waals surface area contributed by atoms with Crippen LogP contribution in [0.3, 0.4) is 0 Å². The second-order valence-corrected chi connectivity index (χ2v) is 2.60. The summed E-state index contributed by atoms with van der Waals surface area (Å²) in [5, 5.41) is 0. The lowest BCUT2D eigenvalue weighted by Gasteiger charge is -2.07. The number of ketones is 1. The topological polar surface area (TPSA) is 35.5 Å². The van der Waals surface area contributed by atoms with Crippen LogP contribution in [0.25, 0.3) is 0 Å². The Morgan fingerprint density at radius 3 is 2.40 bits per heavy atom. The van der Waals surface area contributed by atoms with Crippen molar-refractivity contribution < 1.29 is 14.3 Å². The van der Waals surface area contributed by atoms with Crippen molar-refractivity contribution in [3.05, 3.63) is 29.8 Å². The van der Waals surface area contributed by atoms with Gasteiger partial charge in [-0.3, -0.25) is 4.79 Å². The second kappa shape index (κ2) is 8.00. The minimum absolute atomic E-state index is 0.00768. The van der Waals surface area contributed by atoms with Crippen molar-refractivity contribution in [1.29, 1.82) is 0 Å². The van der Waals surface area contributed by atoms with Crippen molar-refractivity contribution in [2.75, 3.05) is 13.9 Å². The predicted molar refractivity (Wildman–Crippen MR) is 60.3 cm³/mol. The molecule has 0 spiro atoms. The minimum atomic E-state index is -0.00768. The van der Waals surface area contributed by atoms with Gasteiger partial charge in [0, 0.05) is 7.11 Å². The maximum atomic E-state index is 11.1. The minimum Gasteiger partial charge on any atom is -0.467 e. The van der Waals surface area contributed by atoms with Crippen LogP contribution < -0.4 is 4.74 Å². The first-order valence-corrected chi connectivity index (χ1v) is 4.97. The zero-order valence-corrected chi connectivity index (χ0v) is 9.74. The van der Waals surface area contributed by atoms with E-state index in [1.807, 2.05) is 19.9 Å². The molecule has 0 unspecified atom stereocenters. The molecule has 15 heavy (non-hydrogen) atoms. The molecule has 3 heteroatoms. The molecule has 0 heterocycles. The van der Waals surface area contributed by atoms with Gasteiger partial charge in [0.2, 0.25) is 0 Å². The first-order valence-electron chi connectivity index (χ1n) is 4.97. The summed E-state index contributed by atoms with van der Waals surface area (Å²) in [5.74, 6) is 0.559. The zero-order chi connectivity index (χ0) is 11.7. The second-order valence-electron chi connectivity index (χ2n) is 2.60. The van der Waals surface area contributed by atoms with Crippen LogP contribution in [0.5, 0.6) is 5.75 Å². The van der Waals surface area contributed by atoms with Gasteiger partial charge in [0.05, 0.1) is 5.56 Å². The van der Waals surface area contributed by atoms with Gasteiger partial charge in [-0.2, -0.15) is 0 Å². The standard InChI is InChI=1S/C10H12O3.C2H6/c1-8(11)9-5-3-4-6-10(9)13-7-12-2;1-2/h3-6H,7H2,1-2H3;1-2H3. The van der Waals surface area contributed by atoms with Crippen molar-refractivity contribution in [3.63, 3.8) is 0 Å². The molecule has 0 amide bonds. The van der Waals surface area contributed by atoms with E-state index in [9.17, 15) is 4.79 Å². The van der Waals surface area contributed by atoms with Gasteiger partial charge >= 0.3 is 0 Å². The molecule has 0 N–H and O–H groups in total. The largest absolute Gasteiger partial charge is 0.467 e.